The summed E-state index contributed by atoms with van der Waals surface area (Å²) in [5.41, 5.74) is 8.00. The number of aromatic nitrogens is 2. The number of benzene rings is 2. The van der Waals surface area contributed by atoms with Crippen LogP contribution in [0.15, 0.2) is 59.6 Å². The Kier molecular flexibility index (Phi) is 11.7. The fourth-order valence-electron chi connectivity index (χ4n) is 4.46. The van der Waals surface area contributed by atoms with E-state index in [0.29, 0.717) is 43.2 Å². The number of nitrogens with two attached hydrogens (primary N) is 1. The molecule has 0 saturated heterocycles. The summed E-state index contributed by atoms with van der Waals surface area (Å²) in [5, 5.41) is 2.80. The summed E-state index contributed by atoms with van der Waals surface area (Å²) in [4.78, 5) is 36.2. The van der Waals surface area contributed by atoms with E-state index in [1.165, 1.54) is 34.6 Å². The number of ether oxygens (including phenoxy) is 3. The van der Waals surface area contributed by atoms with Crippen molar-refractivity contribution in [1.29, 1.82) is 0 Å². The Morgan fingerprint density at radius 3 is 2.52 bits per heavy atom. The molecule has 0 unspecified atom stereocenters. The monoisotopic (exact) mass is 654 g/mol. The van der Waals surface area contributed by atoms with E-state index < -0.39 is 22.0 Å². The van der Waals surface area contributed by atoms with Gasteiger partial charge in [-0.05, 0) is 41.7 Å². The number of nitrogens with zero attached hydrogens (tertiary/aromatic N) is 4. The fourth-order valence-corrected chi connectivity index (χ4v) is 5.67. The van der Waals surface area contributed by atoms with Crippen LogP contribution in [-0.4, -0.2) is 92.7 Å². The quantitative estimate of drug-likeness (QED) is 0.366. The van der Waals surface area contributed by atoms with Crippen LogP contribution in [0.5, 0.6) is 0 Å². The first kappa shape index (κ1) is 34.8. The van der Waals surface area contributed by atoms with Gasteiger partial charge in [-0.2, -0.15) is 0 Å². The van der Waals surface area contributed by atoms with E-state index in [9.17, 15) is 18.0 Å². The standard InChI is InChI=1S/C32H42N6O7S/c1-32(2,3)22-45-31(40)38-14-6-13-37(4)46(41,42)26-11-9-24(10-12-26)27-20-34-29(33)28(36-27)30(39)35-25-8-5-7-23(19-25)21-44-18-17-43-16-15-38/h5,7-12,19-20H,6,13-18,21-22H2,1-4H3,(H2,33,34)(H,35,39). The van der Waals surface area contributed by atoms with Crippen molar-refractivity contribution in [2.45, 2.75) is 38.7 Å². The maximum Gasteiger partial charge on any atom is 0.409 e. The summed E-state index contributed by atoms with van der Waals surface area (Å²) in [7, 11) is -2.34. The molecule has 14 heteroatoms. The number of fused-ring (bicyclic) bond motifs is 15. The number of rotatable bonds is 1. The minimum Gasteiger partial charge on any atom is -0.449 e. The number of sulfonamides is 1. The molecule has 13 nitrogen and oxygen atoms in total. The Labute approximate surface area is 270 Å². The van der Waals surface area contributed by atoms with Crippen LogP contribution in [0, 0.1) is 5.41 Å². The zero-order chi connectivity index (χ0) is 33.3. The van der Waals surface area contributed by atoms with Crippen LogP contribution in [0.3, 0.4) is 0 Å². The van der Waals surface area contributed by atoms with Crippen LogP contribution >= 0.6 is 0 Å². The highest BCUT2D eigenvalue weighted by atomic mass is 32.2. The van der Waals surface area contributed by atoms with Crippen LogP contribution < -0.4 is 11.1 Å². The van der Waals surface area contributed by atoms with Gasteiger partial charge >= 0.3 is 6.09 Å². The molecule has 46 heavy (non-hydrogen) atoms. The van der Waals surface area contributed by atoms with Gasteiger partial charge < -0.3 is 30.2 Å². The second-order valence-corrected chi connectivity index (χ2v) is 14.2. The lowest BCUT2D eigenvalue weighted by molar-refractivity contribution is 0.0265. The van der Waals surface area contributed by atoms with Gasteiger partial charge in [0.2, 0.25) is 10.0 Å². The van der Waals surface area contributed by atoms with Gasteiger partial charge in [0.25, 0.3) is 5.91 Å². The van der Waals surface area contributed by atoms with E-state index >= 15 is 0 Å². The first-order valence-electron chi connectivity index (χ1n) is 15.0. The van der Waals surface area contributed by atoms with Crippen LogP contribution in [0.1, 0.15) is 43.2 Å². The van der Waals surface area contributed by atoms with E-state index in [0.717, 1.165) is 5.56 Å². The zero-order valence-electron chi connectivity index (χ0n) is 26.7. The van der Waals surface area contributed by atoms with Gasteiger partial charge in [0.05, 0.1) is 49.8 Å². The minimum atomic E-state index is -3.83. The summed E-state index contributed by atoms with van der Waals surface area (Å²) in [6.45, 7) is 8.05. The number of nitrogens with one attached hydrogen (secondary N) is 1. The zero-order valence-corrected chi connectivity index (χ0v) is 27.5. The predicted octanol–water partition coefficient (Wildman–Crippen LogP) is 4.02. The Hall–Kier alpha value is -4.11. The smallest absolute Gasteiger partial charge is 0.409 e. The largest absolute Gasteiger partial charge is 0.449 e. The molecule has 0 radical (unpaired) electrons. The highest BCUT2D eigenvalue weighted by Crippen LogP contribution is 2.23. The molecule has 1 aromatic heterocycles. The van der Waals surface area contributed by atoms with Crippen molar-refractivity contribution < 1.29 is 32.2 Å². The average Bonchev–Trinajstić information content (AvgIpc) is 3.01. The van der Waals surface area contributed by atoms with Gasteiger partial charge in [-0.15, -0.1) is 0 Å². The maximum absolute atomic E-state index is 13.3. The second-order valence-electron chi connectivity index (χ2n) is 12.1. The molecule has 0 spiro atoms. The number of amides is 2. The van der Waals surface area contributed by atoms with E-state index in [-0.39, 0.29) is 54.7 Å². The lowest BCUT2D eigenvalue weighted by Crippen LogP contribution is -2.38. The molecule has 0 saturated carbocycles. The van der Waals surface area contributed by atoms with Gasteiger partial charge in [-0.3, -0.25) is 4.79 Å². The first-order chi connectivity index (χ1) is 21.8. The van der Waals surface area contributed by atoms with Crippen molar-refractivity contribution >= 4 is 33.5 Å². The van der Waals surface area contributed by atoms with Crippen LogP contribution in [0.25, 0.3) is 11.3 Å². The van der Waals surface area contributed by atoms with Crippen molar-refractivity contribution in [2.24, 2.45) is 5.41 Å². The molecule has 6 bridgehead atoms. The number of hydrogen-bond acceptors (Lipinski definition) is 10. The SMILES string of the molecule is CN1CCCN(C(=O)OCC(C)(C)C)CCOCCOCc2cccc(c2)NC(=O)c2nc(cnc2N)-c2ccc(cc2)S1(=O)=O. The average molecular weight is 655 g/mol. The van der Waals surface area contributed by atoms with Crippen molar-refractivity contribution in [2.75, 3.05) is 64.2 Å². The summed E-state index contributed by atoms with van der Waals surface area (Å²) < 4.78 is 44.9. The Bertz CT molecular complexity index is 1610. The molecular weight excluding hydrogens is 612 g/mol. The molecule has 0 fully saturated rings. The topological polar surface area (TPSA) is 166 Å². The third kappa shape index (κ3) is 9.69. The van der Waals surface area contributed by atoms with E-state index in [4.69, 9.17) is 19.9 Å². The van der Waals surface area contributed by atoms with E-state index in [1.807, 2.05) is 26.8 Å². The Morgan fingerprint density at radius 2 is 1.78 bits per heavy atom. The molecule has 0 aliphatic carbocycles. The molecule has 2 aliphatic rings. The molecule has 2 aromatic carbocycles. The van der Waals surface area contributed by atoms with Gasteiger partial charge in [0.15, 0.2) is 11.5 Å². The molecule has 2 aliphatic heterocycles. The number of carbonyl (C=O) groups is 2. The molecule has 0 atom stereocenters. The Balaban J connectivity index is 1.56. The number of nitrogen functional groups attached to an aromatic ring is 1. The molecule has 3 heterocycles. The highest BCUT2D eigenvalue weighted by molar-refractivity contribution is 7.89. The molecule has 3 N–H and O–H groups in total. The third-order valence-corrected chi connectivity index (χ3v) is 8.86. The van der Waals surface area contributed by atoms with E-state index in [2.05, 4.69) is 15.3 Å². The van der Waals surface area contributed by atoms with Gasteiger partial charge in [0, 0.05) is 37.9 Å². The molecule has 3 aromatic rings. The third-order valence-electron chi connectivity index (χ3n) is 6.99. The van der Waals surface area contributed by atoms with Crippen LogP contribution in [0.4, 0.5) is 16.3 Å². The molecule has 248 valence electrons. The lowest BCUT2D eigenvalue weighted by atomic mass is 9.99. The Morgan fingerprint density at radius 1 is 1.04 bits per heavy atom. The molecular formula is C32H42N6O7S. The first-order valence-corrected chi connectivity index (χ1v) is 16.4. The number of hydrogen-bond donors (Lipinski definition) is 2. The molecule has 5 rings (SSSR count). The van der Waals surface area contributed by atoms with Gasteiger partial charge in [0.1, 0.15) is 0 Å². The summed E-state index contributed by atoms with van der Waals surface area (Å²) in [6.07, 6.45) is 1.33. The minimum absolute atomic E-state index is 0.0417. The van der Waals surface area contributed by atoms with Crippen molar-refractivity contribution in [3.05, 3.63) is 66.0 Å². The van der Waals surface area contributed by atoms with Crippen molar-refractivity contribution in [3.8, 4) is 11.3 Å². The van der Waals surface area contributed by atoms with Gasteiger partial charge in [-0.1, -0.05) is 45.0 Å². The van der Waals surface area contributed by atoms with Crippen molar-refractivity contribution in [3.63, 3.8) is 0 Å². The number of carbonyl (C=O) groups excluding carboxylic acids is 2. The summed E-state index contributed by atoms with van der Waals surface area (Å²) in [5.74, 6) is -0.582. The number of anilines is 2. The summed E-state index contributed by atoms with van der Waals surface area (Å²) in [6, 6.07) is 13.3. The van der Waals surface area contributed by atoms with Crippen molar-refractivity contribution in [1.82, 2.24) is 19.2 Å². The van der Waals surface area contributed by atoms with E-state index in [1.54, 1.807) is 30.3 Å². The normalized spacial score (nSPS) is 17.4. The highest BCUT2D eigenvalue weighted by Gasteiger charge is 2.23. The van der Waals surface area contributed by atoms with Crippen LogP contribution in [-0.2, 0) is 30.8 Å². The molecule has 2 amide bonds. The van der Waals surface area contributed by atoms with Gasteiger partial charge in [-0.25, -0.2) is 27.5 Å². The van der Waals surface area contributed by atoms with Crippen LogP contribution in [0.2, 0.25) is 0 Å². The lowest BCUT2D eigenvalue weighted by Gasteiger charge is -2.26. The summed E-state index contributed by atoms with van der Waals surface area (Å²) >= 11 is 0. The predicted molar refractivity (Wildman–Crippen MR) is 174 cm³/mol. The maximum atomic E-state index is 13.3. The fraction of sp³-hybridized carbons (Fsp3) is 0.438. The second kappa shape index (κ2) is 15.5.